The van der Waals surface area contributed by atoms with Crippen molar-refractivity contribution in [3.8, 4) is 6.07 Å². The summed E-state index contributed by atoms with van der Waals surface area (Å²) in [4.78, 5) is 3.32. The summed E-state index contributed by atoms with van der Waals surface area (Å²) >= 11 is 0. The van der Waals surface area contributed by atoms with Gasteiger partial charge in [0, 0.05) is 28.4 Å². The zero-order chi connectivity index (χ0) is 19.5. The number of benzene rings is 3. The largest absolute Gasteiger partial charge is 0.398 e. The maximum absolute atomic E-state index is 9.12. The van der Waals surface area contributed by atoms with E-state index >= 15 is 0 Å². The van der Waals surface area contributed by atoms with E-state index in [1.165, 1.54) is 0 Å². The number of fused-ring (bicyclic) bond motifs is 1. The molecule has 0 aliphatic carbocycles. The molecule has 0 saturated carbocycles. The van der Waals surface area contributed by atoms with Gasteiger partial charge in [-0.25, -0.2) is 0 Å². The van der Waals surface area contributed by atoms with Gasteiger partial charge in [0.15, 0.2) is 0 Å². The molecule has 1 heterocycles. The van der Waals surface area contributed by atoms with Crippen LogP contribution < -0.4 is 11.1 Å². The Kier molecular flexibility index (Phi) is 4.57. The second kappa shape index (κ2) is 7.34. The number of rotatable bonds is 5. The third-order valence-electron chi connectivity index (χ3n) is 4.90. The molecule has 4 heteroatoms. The Hall–Kier alpha value is -3.97. The van der Waals surface area contributed by atoms with E-state index in [9.17, 15) is 0 Å². The van der Waals surface area contributed by atoms with Crippen LogP contribution in [-0.4, -0.2) is 4.98 Å². The standard InChI is InChI=1S/C24H20N4/c1-16(21-15-27-23-10-6-5-9-20(21)23)24(17-7-3-2-4-8-17)28-19-12-11-18(14-25)22(26)13-19/h2-13,15,24,27-28H,1,26H2. The SMILES string of the molecule is C=C(c1c[nH]c2ccccc12)C(Nc1ccc(C#N)c(N)c1)c1ccccc1. The van der Waals surface area contributed by atoms with Crippen molar-refractivity contribution >= 4 is 27.9 Å². The molecule has 0 aliphatic rings. The zero-order valence-corrected chi connectivity index (χ0v) is 15.3. The van der Waals surface area contributed by atoms with E-state index in [4.69, 9.17) is 11.0 Å². The number of nitrogen functional groups attached to an aromatic ring is 1. The molecule has 4 nitrogen and oxygen atoms in total. The van der Waals surface area contributed by atoms with Gasteiger partial charge in [0.1, 0.15) is 6.07 Å². The van der Waals surface area contributed by atoms with Crippen molar-refractivity contribution in [3.63, 3.8) is 0 Å². The lowest BCUT2D eigenvalue weighted by molar-refractivity contribution is 1.01. The van der Waals surface area contributed by atoms with Crippen LogP contribution in [0.3, 0.4) is 0 Å². The summed E-state index contributed by atoms with van der Waals surface area (Å²) in [7, 11) is 0. The maximum atomic E-state index is 9.12. The van der Waals surface area contributed by atoms with Crippen LogP contribution in [-0.2, 0) is 0 Å². The van der Waals surface area contributed by atoms with Crippen molar-refractivity contribution in [2.24, 2.45) is 0 Å². The Balaban J connectivity index is 1.75. The molecule has 4 aromatic rings. The highest BCUT2D eigenvalue weighted by Crippen LogP contribution is 2.35. The second-order valence-corrected chi connectivity index (χ2v) is 6.68. The first-order chi connectivity index (χ1) is 13.7. The van der Waals surface area contributed by atoms with Gasteiger partial charge >= 0.3 is 0 Å². The van der Waals surface area contributed by atoms with E-state index in [1.807, 2.05) is 42.6 Å². The zero-order valence-electron chi connectivity index (χ0n) is 15.3. The lowest BCUT2D eigenvalue weighted by Gasteiger charge is -2.23. The van der Waals surface area contributed by atoms with Gasteiger partial charge in [-0.05, 0) is 35.4 Å². The number of anilines is 2. The van der Waals surface area contributed by atoms with Gasteiger partial charge < -0.3 is 16.0 Å². The molecular formula is C24H20N4. The Bertz CT molecular complexity index is 1180. The van der Waals surface area contributed by atoms with Crippen molar-refractivity contribution in [3.05, 3.63) is 102 Å². The third-order valence-corrected chi connectivity index (χ3v) is 4.90. The van der Waals surface area contributed by atoms with Gasteiger partial charge in [0.25, 0.3) is 0 Å². The van der Waals surface area contributed by atoms with Gasteiger partial charge in [-0.2, -0.15) is 5.26 Å². The number of nitrogens with one attached hydrogen (secondary N) is 2. The first kappa shape index (κ1) is 17.4. The molecule has 1 unspecified atom stereocenters. The van der Waals surface area contributed by atoms with Crippen LogP contribution in [0.15, 0.2) is 85.6 Å². The first-order valence-electron chi connectivity index (χ1n) is 9.04. The summed E-state index contributed by atoms with van der Waals surface area (Å²) < 4.78 is 0. The van der Waals surface area contributed by atoms with Crippen LogP contribution in [0.4, 0.5) is 11.4 Å². The highest BCUT2D eigenvalue weighted by Gasteiger charge is 2.19. The minimum Gasteiger partial charge on any atom is -0.398 e. The Morgan fingerprint density at radius 2 is 1.79 bits per heavy atom. The van der Waals surface area contributed by atoms with Gasteiger partial charge in [-0.1, -0.05) is 55.1 Å². The monoisotopic (exact) mass is 364 g/mol. The lowest BCUT2D eigenvalue weighted by Crippen LogP contribution is -2.12. The van der Waals surface area contributed by atoms with Crippen molar-refractivity contribution in [2.45, 2.75) is 6.04 Å². The predicted octanol–water partition coefficient (Wildman–Crippen LogP) is 5.49. The molecule has 0 bridgehead atoms. The average molecular weight is 364 g/mol. The highest BCUT2D eigenvalue weighted by molar-refractivity contribution is 5.94. The quantitative estimate of drug-likeness (QED) is 0.410. The van der Waals surface area contributed by atoms with Crippen LogP contribution in [0.5, 0.6) is 0 Å². The Labute approximate surface area is 163 Å². The molecule has 0 aliphatic heterocycles. The van der Waals surface area contributed by atoms with E-state index in [0.29, 0.717) is 11.3 Å². The number of nitrogens with two attached hydrogens (primary N) is 1. The van der Waals surface area contributed by atoms with Gasteiger partial charge in [0.05, 0.1) is 17.3 Å². The molecular weight excluding hydrogens is 344 g/mol. The van der Waals surface area contributed by atoms with E-state index < -0.39 is 0 Å². The number of hydrogen-bond donors (Lipinski definition) is 3. The molecule has 0 radical (unpaired) electrons. The van der Waals surface area contributed by atoms with Gasteiger partial charge in [0.2, 0.25) is 0 Å². The number of nitrogens with zero attached hydrogens (tertiary/aromatic N) is 1. The molecule has 1 aromatic heterocycles. The van der Waals surface area contributed by atoms with Gasteiger partial charge in [-0.15, -0.1) is 0 Å². The van der Waals surface area contributed by atoms with Crippen molar-refractivity contribution < 1.29 is 0 Å². The minimum absolute atomic E-state index is 0.146. The maximum Gasteiger partial charge on any atom is 0.101 e. The average Bonchev–Trinajstić information content (AvgIpc) is 3.16. The van der Waals surface area contributed by atoms with Crippen molar-refractivity contribution in [2.75, 3.05) is 11.1 Å². The molecule has 3 aromatic carbocycles. The van der Waals surface area contributed by atoms with Gasteiger partial charge in [-0.3, -0.25) is 0 Å². The van der Waals surface area contributed by atoms with E-state index in [2.05, 4.69) is 47.2 Å². The van der Waals surface area contributed by atoms with Crippen molar-refractivity contribution in [1.29, 1.82) is 5.26 Å². The number of para-hydroxylation sites is 1. The third kappa shape index (κ3) is 3.22. The van der Waals surface area contributed by atoms with Crippen LogP contribution in [0.1, 0.15) is 22.7 Å². The van der Waals surface area contributed by atoms with Crippen LogP contribution in [0.2, 0.25) is 0 Å². The minimum atomic E-state index is -0.146. The normalized spacial score (nSPS) is 11.7. The summed E-state index contributed by atoms with van der Waals surface area (Å²) in [5.74, 6) is 0. The fraction of sp³-hybridized carbons (Fsp3) is 0.0417. The molecule has 0 amide bonds. The molecule has 4 N–H and O–H groups in total. The summed E-state index contributed by atoms with van der Waals surface area (Å²) in [6.07, 6.45) is 2.00. The Morgan fingerprint density at radius 1 is 1.04 bits per heavy atom. The van der Waals surface area contributed by atoms with Crippen LogP contribution in [0.25, 0.3) is 16.5 Å². The molecule has 28 heavy (non-hydrogen) atoms. The highest BCUT2D eigenvalue weighted by atomic mass is 14.9. The number of nitriles is 1. The lowest BCUT2D eigenvalue weighted by atomic mass is 9.93. The fourth-order valence-corrected chi connectivity index (χ4v) is 3.43. The second-order valence-electron chi connectivity index (χ2n) is 6.68. The molecule has 136 valence electrons. The molecule has 4 rings (SSSR count). The van der Waals surface area contributed by atoms with Crippen molar-refractivity contribution in [1.82, 2.24) is 4.98 Å². The molecule has 0 saturated heterocycles. The Morgan fingerprint density at radius 3 is 2.54 bits per heavy atom. The van der Waals surface area contributed by atoms with Crippen LogP contribution >= 0.6 is 0 Å². The molecule has 0 spiro atoms. The number of H-pyrrole nitrogens is 1. The van der Waals surface area contributed by atoms with E-state index in [-0.39, 0.29) is 6.04 Å². The summed E-state index contributed by atoms with van der Waals surface area (Å²) in [6.45, 7) is 4.41. The number of hydrogen-bond acceptors (Lipinski definition) is 3. The fourth-order valence-electron chi connectivity index (χ4n) is 3.43. The summed E-state index contributed by atoms with van der Waals surface area (Å²) in [5.41, 5.74) is 12.0. The summed E-state index contributed by atoms with van der Waals surface area (Å²) in [5, 5.41) is 13.8. The van der Waals surface area contributed by atoms with E-state index in [1.54, 1.807) is 12.1 Å². The topological polar surface area (TPSA) is 77.6 Å². The smallest absolute Gasteiger partial charge is 0.101 e. The first-order valence-corrected chi connectivity index (χ1v) is 9.04. The summed E-state index contributed by atoms with van der Waals surface area (Å²) in [6, 6.07) is 25.7. The van der Waals surface area contributed by atoms with E-state index in [0.717, 1.165) is 33.3 Å². The van der Waals surface area contributed by atoms with Crippen LogP contribution in [0, 0.1) is 11.3 Å². The number of aromatic amines is 1. The molecule has 0 fully saturated rings. The predicted molar refractivity (Wildman–Crippen MR) is 116 cm³/mol. The molecule has 1 atom stereocenters. The number of aromatic nitrogens is 1.